The number of benzene rings is 1. The largest absolute Gasteiger partial charge is 0.366 e. The Morgan fingerprint density at radius 3 is 2.36 bits per heavy atom. The SMILES string of the molecule is NC(=O)c1ccc(C[C@H](N)C=O)cc1. The van der Waals surface area contributed by atoms with Gasteiger partial charge in [-0.15, -0.1) is 0 Å². The van der Waals surface area contributed by atoms with E-state index < -0.39 is 11.9 Å². The van der Waals surface area contributed by atoms with Gasteiger partial charge < -0.3 is 16.3 Å². The lowest BCUT2D eigenvalue weighted by Gasteiger charge is -2.04. The highest BCUT2D eigenvalue weighted by molar-refractivity contribution is 5.92. The summed E-state index contributed by atoms with van der Waals surface area (Å²) in [5.41, 5.74) is 11.9. The summed E-state index contributed by atoms with van der Waals surface area (Å²) in [7, 11) is 0. The average molecular weight is 192 g/mol. The van der Waals surface area contributed by atoms with Gasteiger partial charge in [-0.1, -0.05) is 12.1 Å². The molecule has 4 heteroatoms. The number of rotatable bonds is 4. The highest BCUT2D eigenvalue weighted by Gasteiger charge is 2.03. The van der Waals surface area contributed by atoms with Gasteiger partial charge in [0.2, 0.25) is 5.91 Å². The molecular formula is C10H12N2O2. The van der Waals surface area contributed by atoms with E-state index in [9.17, 15) is 9.59 Å². The van der Waals surface area contributed by atoms with Crippen molar-refractivity contribution >= 4 is 12.2 Å². The van der Waals surface area contributed by atoms with E-state index in [1.807, 2.05) is 0 Å². The Morgan fingerprint density at radius 1 is 1.36 bits per heavy atom. The summed E-state index contributed by atoms with van der Waals surface area (Å²) in [6.45, 7) is 0. The molecule has 0 saturated carbocycles. The molecule has 0 bridgehead atoms. The van der Waals surface area contributed by atoms with Crippen molar-refractivity contribution in [3.05, 3.63) is 35.4 Å². The molecule has 0 saturated heterocycles. The smallest absolute Gasteiger partial charge is 0.248 e. The first kappa shape index (κ1) is 10.4. The summed E-state index contributed by atoms with van der Waals surface area (Å²) < 4.78 is 0. The van der Waals surface area contributed by atoms with Crippen molar-refractivity contribution in [1.82, 2.24) is 0 Å². The first-order valence-electron chi connectivity index (χ1n) is 4.23. The number of aldehydes is 1. The van der Waals surface area contributed by atoms with Crippen molar-refractivity contribution < 1.29 is 9.59 Å². The van der Waals surface area contributed by atoms with Crippen LogP contribution in [0.15, 0.2) is 24.3 Å². The third-order valence-corrected chi connectivity index (χ3v) is 1.88. The normalized spacial score (nSPS) is 12.1. The molecule has 0 spiro atoms. The molecule has 0 heterocycles. The Kier molecular flexibility index (Phi) is 3.36. The summed E-state index contributed by atoms with van der Waals surface area (Å²) in [6, 6.07) is 6.23. The molecule has 1 aromatic rings. The van der Waals surface area contributed by atoms with E-state index in [0.717, 1.165) is 5.56 Å². The number of nitrogens with two attached hydrogens (primary N) is 2. The fourth-order valence-electron chi connectivity index (χ4n) is 1.13. The molecule has 0 aliphatic carbocycles. The van der Waals surface area contributed by atoms with Crippen LogP contribution in [-0.4, -0.2) is 18.2 Å². The lowest BCUT2D eigenvalue weighted by molar-refractivity contribution is -0.108. The van der Waals surface area contributed by atoms with Crippen LogP contribution in [0.2, 0.25) is 0 Å². The van der Waals surface area contributed by atoms with Gasteiger partial charge in [-0.3, -0.25) is 4.79 Å². The number of carbonyl (C=O) groups excluding carboxylic acids is 2. The molecule has 0 fully saturated rings. The highest BCUT2D eigenvalue weighted by atomic mass is 16.1. The Hall–Kier alpha value is -1.68. The third-order valence-electron chi connectivity index (χ3n) is 1.88. The van der Waals surface area contributed by atoms with Crippen molar-refractivity contribution in [1.29, 1.82) is 0 Å². The van der Waals surface area contributed by atoms with Crippen LogP contribution in [0.25, 0.3) is 0 Å². The Balaban J connectivity index is 2.73. The van der Waals surface area contributed by atoms with Crippen LogP contribution in [0.1, 0.15) is 15.9 Å². The van der Waals surface area contributed by atoms with Crippen LogP contribution in [0.3, 0.4) is 0 Å². The van der Waals surface area contributed by atoms with Crippen molar-refractivity contribution in [2.45, 2.75) is 12.5 Å². The molecule has 74 valence electrons. The molecule has 1 atom stereocenters. The monoisotopic (exact) mass is 192 g/mol. The molecule has 4 N–H and O–H groups in total. The number of hydrogen-bond acceptors (Lipinski definition) is 3. The zero-order valence-corrected chi connectivity index (χ0v) is 7.64. The van der Waals surface area contributed by atoms with Crippen LogP contribution in [0.4, 0.5) is 0 Å². The molecule has 4 nitrogen and oxygen atoms in total. The number of carbonyl (C=O) groups is 2. The van der Waals surface area contributed by atoms with Gasteiger partial charge in [0.15, 0.2) is 0 Å². The topological polar surface area (TPSA) is 86.2 Å². The quantitative estimate of drug-likeness (QED) is 0.651. The van der Waals surface area contributed by atoms with Crippen molar-refractivity contribution in [3.63, 3.8) is 0 Å². The molecule has 0 aliphatic heterocycles. The van der Waals surface area contributed by atoms with E-state index in [-0.39, 0.29) is 0 Å². The molecule has 0 radical (unpaired) electrons. The summed E-state index contributed by atoms with van der Waals surface area (Å²) in [4.78, 5) is 21.0. The summed E-state index contributed by atoms with van der Waals surface area (Å²) in [5.74, 6) is -0.462. The molecule has 1 rings (SSSR count). The minimum Gasteiger partial charge on any atom is -0.366 e. The third kappa shape index (κ3) is 2.67. The molecule has 1 amide bonds. The number of primary amides is 1. The minimum atomic E-state index is -0.491. The molecule has 0 aliphatic rings. The number of amides is 1. The Morgan fingerprint density at radius 2 is 1.93 bits per heavy atom. The summed E-state index contributed by atoms with van der Waals surface area (Å²) in [5, 5.41) is 0. The Labute approximate surface area is 81.9 Å². The fourth-order valence-corrected chi connectivity index (χ4v) is 1.13. The molecular weight excluding hydrogens is 180 g/mol. The summed E-state index contributed by atoms with van der Waals surface area (Å²) in [6.07, 6.45) is 1.17. The second-order valence-corrected chi connectivity index (χ2v) is 3.07. The van der Waals surface area contributed by atoms with Gasteiger partial charge in [0.05, 0.1) is 6.04 Å². The van der Waals surface area contributed by atoms with Crippen molar-refractivity contribution in [2.75, 3.05) is 0 Å². The van der Waals surface area contributed by atoms with Crippen molar-refractivity contribution in [3.8, 4) is 0 Å². The maximum atomic E-state index is 10.7. The predicted octanol–water partition coefficient (Wildman–Crippen LogP) is -0.146. The predicted molar refractivity (Wildman–Crippen MR) is 52.7 cm³/mol. The first-order chi connectivity index (χ1) is 6.63. The second kappa shape index (κ2) is 4.53. The second-order valence-electron chi connectivity index (χ2n) is 3.07. The zero-order valence-electron chi connectivity index (χ0n) is 7.64. The van der Waals surface area contributed by atoms with E-state index in [1.165, 1.54) is 0 Å². The minimum absolute atomic E-state index is 0.452. The average Bonchev–Trinajstić information content (AvgIpc) is 2.18. The highest BCUT2D eigenvalue weighted by Crippen LogP contribution is 2.05. The maximum Gasteiger partial charge on any atom is 0.248 e. The van der Waals surface area contributed by atoms with Gasteiger partial charge in [-0.25, -0.2) is 0 Å². The molecule has 0 aromatic heterocycles. The maximum absolute atomic E-state index is 10.7. The summed E-state index contributed by atoms with van der Waals surface area (Å²) >= 11 is 0. The first-order valence-corrected chi connectivity index (χ1v) is 4.23. The van der Waals surface area contributed by atoms with Gasteiger partial charge in [0.25, 0.3) is 0 Å². The van der Waals surface area contributed by atoms with Gasteiger partial charge in [0, 0.05) is 5.56 Å². The molecule has 0 unspecified atom stereocenters. The van der Waals surface area contributed by atoms with E-state index in [1.54, 1.807) is 24.3 Å². The lowest BCUT2D eigenvalue weighted by atomic mass is 10.1. The Bertz CT molecular complexity index is 332. The van der Waals surface area contributed by atoms with Gasteiger partial charge in [-0.2, -0.15) is 0 Å². The molecule has 14 heavy (non-hydrogen) atoms. The van der Waals surface area contributed by atoms with Gasteiger partial charge in [-0.05, 0) is 24.1 Å². The van der Waals surface area contributed by atoms with Crippen LogP contribution >= 0.6 is 0 Å². The van der Waals surface area contributed by atoms with Crippen molar-refractivity contribution in [2.24, 2.45) is 11.5 Å². The van der Waals surface area contributed by atoms with Crippen LogP contribution in [0, 0.1) is 0 Å². The van der Waals surface area contributed by atoms with Gasteiger partial charge >= 0.3 is 0 Å². The number of hydrogen-bond donors (Lipinski definition) is 2. The zero-order chi connectivity index (χ0) is 10.6. The van der Waals surface area contributed by atoms with Crippen LogP contribution in [-0.2, 0) is 11.2 Å². The van der Waals surface area contributed by atoms with E-state index >= 15 is 0 Å². The van der Waals surface area contributed by atoms with E-state index in [4.69, 9.17) is 11.5 Å². The lowest BCUT2D eigenvalue weighted by Crippen LogP contribution is -2.24. The van der Waals surface area contributed by atoms with Crippen LogP contribution < -0.4 is 11.5 Å². The van der Waals surface area contributed by atoms with Crippen LogP contribution in [0.5, 0.6) is 0 Å². The van der Waals surface area contributed by atoms with E-state index in [2.05, 4.69) is 0 Å². The standard InChI is InChI=1S/C10H12N2O2/c11-9(6-13)5-7-1-3-8(4-2-7)10(12)14/h1-4,6,9H,5,11H2,(H2,12,14)/t9-/m0/s1. The van der Waals surface area contributed by atoms with Gasteiger partial charge in [0.1, 0.15) is 6.29 Å². The molecule has 1 aromatic carbocycles. The fraction of sp³-hybridized carbons (Fsp3) is 0.200. The van der Waals surface area contributed by atoms with E-state index in [0.29, 0.717) is 18.3 Å².